The predicted molar refractivity (Wildman–Crippen MR) is 331 cm³/mol. The highest BCUT2D eigenvalue weighted by Crippen LogP contribution is 2.61. The van der Waals surface area contributed by atoms with Gasteiger partial charge in [0.15, 0.2) is 43.9 Å². The molecule has 9 heterocycles. The van der Waals surface area contributed by atoms with Crippen LogP contribution in [0.3, 0.4) is 0 Å². The molecule has 3 N–H and O–H groups in total. The molecule has 6 aromatic heterocycles. The Morgan fingerprint density at radius 1 is 0.549 bits per heavy atom. The molecule has 1 aromatic carbocycles. The van der Waals surface area contributed by atoms with Crippen molar-refractivity contribution < 1.29 is 63.6 Å². The summed E-state index contributed by atoms with van der Waals surface area (Å²) in [4.78, 5) is 92.1. The van der Waals surface area contributed by atoms with Gasteiger partial charge in [-0.15, -0.1) is 0 Å². The lowest BCUT2D eigenvalue weighted by Gasteiger charge is -2.34. The first-order valence-electron chi connectivity index (χ1n) is 31.3. The van der Waals surface area contributed by atoms with Crippen LogP contribution >= 0.6 is 0 Å². The lowest BCUT2D eigenvalue weighted by molar-refractivity contribution is -0.150. The first kappa shape index (κ1) is 64.4. The van der Waals surface area contributed by atoms with Crippen molar-refractivity contribution in [3.05, 3.63) is 121 Å². The van der Waals surface area contributed by atoms with Crippen molar-refractivity contribution in [2.24, 2.45) is 39.4 Å². The van der Waals surface area contributed by atoms with Gasteiger partial charge in [0, 0.05) is 113 Å². The zero-order chi connectivity index (χ0) is 64.5. The van der Waals surface area contributed by atoms with E-state index in [1.165, 1.54) is 11.2 Å². The van der Waals surface area contributed by atoms with Crippen molar-refractivity contribution in [1.82, 2.24) is 45.6 Å². The molecule has 3 spiro atoms. The molecule has 3 saturated heterocycles. The van der Waals surface area contributed by atoms with Crippen LogP contribution in [0.1, 0.15) is 135 Å². The number of benzene rings is 1. The molecule has 91 heavy (non-hydrogen) atoms. The van der Waals surface area contributed by atoms with E-state index in [1.54, 1.807) is 85.7 Å². The number of carbonyl (C=O) groups excluding carboxylic acids is 6. The van der Waals surface area contributed by atoms with E-state index in [9.17, 15) is 50.4 Å². The predicted octanol–water partition coefficient (Wildman–Crippen LogP) is 9.98. The van der Waals surface area contributed by atoms with Crippen LogP contribution in [0, 0.1) is 39.4 Å². The fourth-order valence-corrected chi connectivity index (χ4v) is 14.3. The molecule has 20 nitrogen and oxygen atoms in total. The molecule has 6 fully saturated rings. The second-order valence-electron chi connectivity index (χ2n) is 27.1. The van der Waals surface area contributed by atoms with Crippen LogP contribution in [0.2, 0.25) is 0 Å². The van der Waals surface area contributed by atoms with Crippen LogP contribution in [0.25, 0.3) is 32.9 Å². The Balaban J connectivity index is 0.000000141. The van der Waals surface area contributed by atoms with Gasteiger partial charge in [-0.3, -0.25) is 43.7 Å². The van der Waals surface area contributed by atoms with Gasteiger partial charge < -0.3 is 43.9 Å². The number of rotatable bonds is 15. The SMILES string of the molecule is CC(C)(C)CC(=O)N1CCC2(CC1)CC2CNC(=O)c1cc2ccncc2o1.CS(=O)(=O)c1cccc(CC(=O)N2CCC3(CC2)CC3CNC(=O)c2cc3ccncc3o2)c1.O=C(NCC1CC12CCN(C(=O)CCC(F)(F)F)CC2)c1cc2ccncc2o1. The lowest BCUT2D eigenvalue weighted by Crippen LogP contribution is -2.41. The third-order valence-corrected chi connectivity index (χ3v) is 20.7. The molecule has 24 heteroatoms. The Morgan fingerprint density at radius 3 is 1.27 bits per heavy atom. The number of carbonyl (C=O) groups is 6. The van der Waals surface area contributed by atoms with Gasteiger partial charge in [0.1, 0.15) is 0 Å². The normalized spacial score (nSPS) is 20.3. The number of piperidine rings is 3. The molecule has 3 aliphatic carbocycles. The largest absolute Gasteiger partial charge is 0.449 e. The van der Waals surface area contributed by atoms with Crippen molar-refractivity contribution >= 4 is 78.2 Å². The number of hydrogen-bond acceptors (Lipinski definition) is 14. The Bertz CT molecular complexity index is 3860. The van der Waals surface area contributed by atoms with Gasteiger partial charge in [-0.25, -0.2) is 8.42 Å². The molecule has 3 aliphatic heterocycles. The van der Waals surface area contributed by atoms with Crippen LogP contribution in [0.15, 0.2) is 116 Å². The van der Waals surface area contributed by atoms with Crippen LogP contribution < -0.4 is 16.0 Å². The van der Waals surface area contributed by atoms with Crippen molar-refractivity contribution in [3.63, 3.8) is 0 Å². The van der Waals surface area contributed by atoms with Gasteiger partial charge in [0.05, 0.1) is 36.3 Å². The molecule has 13 rings (SSSR count). The van der Waals surface area contributed by atoms with Gasteiger partial charge in [-0.05, 0) is 151 Å². The average molecular weight is 1270 g/mol. The van der Waals surface area contributed by atoms with Crippen LogP contribution in [-0.2, 0) is 30.6 Å². The highest BCUT2D eigenvalue weighted by molar-refractivity contribution is 7.90. The second-order valence-corrected chi connectivity index (χ2v) is 29.1. The molecule has 6 amide bonds. The Morgan fingerprint density at radius 2 is 0.923 bits per heavy atom. The molecule has 7 aromatic rings. The number of nitrogens with zero attached hydrogens (tertiary/aromatic N) is 6. The summed E-state index contributed by atoms with van der Waals surface area (Å²) in [6, 6.07) is 17.2. The van der Waals surface area contributed by atoms with Gasteiger partial charge >= 0.3 is 6.18 Å². The third-order valence-electron chi connectivity index (χ3n) is 19.6. The molecular weight excluding hydrogens is 1200 g/mol. The minimum Gasteiger partial charge on any atom is -0.449 e. The number of nitrogens with one attached hydrogen (secondary N) is 3. The summed E-state index contributed by atoms with van der Waals surface area (Å²) in [5.74, 6) is 1.30. The highest BCUT2D eigenvalue weighted by atomic mass is 32.2. The van der Waals surface area contributed by atoms with Gasteiger partial charge in [0.25, 0.3) is 17.7 Å². The van der Waals surface area contributed by atoms with Crippen LogP contribution in [0.5, 0.6) is 0 Å². The molecule has 0 radical (unpaired) electrons. The summed E-state index contributed by atoms with van der Waals surface area (Å²) in [6.45, 7) is 12.1. The number of fused-ring (bicyclic) bond motifs is 3. The topological polar surface area (TPSA) is 260 Å². The van der Waals surface area contributed by atoms with Crippen molar-refractivity contribution in [2.45, 2.75) is 115 Å². The zero-order valence-electron chi connectivity index (χ0n) is 51.7. The van der Waals surface area contributed by atoms with E-state index in [1.807, 2.05) is 21.9 Å². The number of pyridine rings is 3. The summed E-state index contributed by atoms with van der Waals surface area (Å²) in [6.07, 6.45) is 14.5. The lowest BCUT2D eigenvalue weighted by atomic mass is 9.88. The number of aromatic nitrogens is 3. The zero-order valence-corrected chi connectivity index (χ0v) is 52.6. The molecular formula is C67H78F3N9O11S. The molecule has 6 aliphatic rings. The Kier molecular flexibility index (Phi) is 18.3. The standard InChI is InChI=1S/C25H27N3O5S.C22H29N3O3.C20H22F3N3O3/c1-34(31,32)20-4-2-3-17(11-20)12-23(29)28-9-6-25(7-10-28)14-19(25)15-27-24(30)21-13-18-5-8-26-16-22(18)33-21;1-21(2,3)12-19(26)25-8-5-22(6-9-25)11-16(22)13-24-20(27)17-10-15-4-7-23-14-18(15)28-17;21-20(22,23)3-1-17(27)26-7-4-19(5-8-26)10-14(19)11-25-18(28)15-9-13-2-6-24-12-16(13)29-15/h2-5,8,11,13,16,19H,6-7,9-10,12,14-15H2,1H3,(H,27,30);4,7,10,14,16H,5-6,8-9,11-13H2,1-3H3,(H,24,27);2,6,9,12,14H,1,3-5,7-8,10-11H2,(H,25,28). The minimum absolute atomic E-state index is 0.0189. The first-order chi connectivity index (χ1) is 43.2. The number of amides is 6. The van der Waals surface area contributed by atoms with Crippen molar-refractivity contribution in [2.75, 3.05) is 65.2 Å². The second kappa shape index (κ2) is 25.9. The van der Waals surface area contributed by atoms with Crippen molar-refractivity contribution in [3.8, 4) is 0 Å². The quantitative estimate of drug-likeness (QED) is 0.0863. The number of halogens is 3. The number of sulfone groups is 1. The fraction of sp³-hybridized carbons (Fsp3) is 0.507. The van der Waals surface area contributed by atoms with Gasteiger partial charge in [-0.1, -0.05) is 32.9 Å². The average Bonchev–Trinajstić information content (AvgIpc) is 1.66. The molecule has 3 atom stereocenters. The highest BCUT2D eigenvalue weighted by Gasteiger charge is 2.57. The minimum atomic E-state index is -4.30. The molecule has 484 valence electrons. The number of likely N-dealkylation sites (tertiary alicyclic amines) is 3. The smallest absolute Gasteiger partial charge is 0.389 e. The number of hydrogen-bond donors (Lipinski definition) is 3. The maximum Gasteiger partial charge on any atom is 0.389 e. The monoisotopic (exact) mass is 1270 g/mol. The van der Waals surface area contributed by atoms with Crippen LogP contribution in [0.4, 0.5) is 13.2 Å². The van der Waals surface area contributed by atoms with E-state index in [-0.39, 0.29) is 68.6 Å². The summed E-state index contributed by atoms with van der Waals surface area (Å²) in [5.41, 5.74) is 3.11. The molecule has 0 bridgehead atoms. The fourth-order valence-electron chi connectivity index (χ4n) is 13.6. The molecule has 3 saturated carbocycles. The van der Waals surface area contributed by atoms with E-state index in [4.69, 9.17) is 13.3 Å². The third kappa shape index (κ3) is 15.8. The van der Waals surface area contributed by atoms with Gasteiger partial charge in [-0.2, -0.15) is 13.2 Å². The van der Waals surface area contributed by atoms with Crippen molar-refractivity contribution in [1.29, 1.82) is 0 Å². The number of alkyl halides is 3. The maximum absolute atomic E-state index is 12.8. The van der Waals surface area contributed by atoms with Gasteiger partial charge in [0.2, 0.25) is 17.7 Å². The van der Waals surface area contributed by atoms with E-state index in [0.29, 0.717) is 103 Å². The van der Waals surface area contributed by atoms with E-state index in [0.717, 1.165) is 87.0 Å². The van der Waals surface area contributed by atoms with E-state index in [2.05, 4.69) is 51.7 Å². The number of furan rings is 3. The summed E-state index contributed by atoms with van der Waals surface area (Å²) in [5, 5.41) is 11.5. The van der Waals surface area contributed by atoms with E-state index >= 15 is 0 Å². The van der Waals surface area contributed by atoms with Crippen LogP contribution in [-0.4, -0.2) is 145 Å². The summed E-state index contributed by atoms with van der Waals surface area (Å²) in [7, 11) is -3.30. The summed E-state index contributed by atoms with van der Waals surface area (Å²) < 4.78 is 77.1. The summed E-state index contributed by atoms with van der Waals surface area (Å²) >= 11 is 0. The van der Waals surface area contributed by atoms with E-state index < -0.39 is 34.8 Å². The Hall–Kier alpha value is -8.15. The molecule has 3 unspecified atom stereocenters. The maximum atomic E-state index is 12.8. The first-order valence-corrected chi connectivity index (χ1v) is 33.2. The Labute approximate surface area is 525 Å².